The summed E-state index contributed by atoms with van der Waals surface area (Å²) in [7, 11) is -2.45. The van der Waals surface area contributed by atoms with Crippen LogP contribution in [0.25, 0.3) is 0 Å². The molecular weight excluding hydrogens is 374 g/mol. The van der Waals surface area contributed by atoms with Gasteiger partial charge in [-0.2, -0.15) is 4.31 Å². The molecule has 140 valence electrons. The van der Waals surface area contributed by atoms with E-state index < -0.39 is 10.0 Å². The Morgan fingerprint density at radius 1 is 1.19 bits per heavy atom. The Kier molecular flexibility index (Phi) is 6.52. The van der Waals surface area contributed by atoms with Crippen molar-refractivity contribution in [1.29, 1.82) is 0 Å². The van der Waals surface area contributed by atoms with E-state index in [2.05, 4.69) is 10.6 Å². The summed E-state index contributed by atoms with van der Waals surface area (Å²) >= 11 is 1.52. The van der Waals surface area contributed by atoms with E-state index in [-0.39, 0.29) is 29.3 Å². The van der Waals surface area contributed by atoms with Crippen LogP contribution in [0.15, 0.2) is 46.7 Å². The number of sulfonamides is 1. The fourth-order valence-electron chi connectivity index (χ4n) is 2.28. The fourth-order valence-corrected chi connectivity index (χ4v) is 4.14. The Morgan fingerprint density at radius 3 is 2.38 bits per heavy atom. The van der Waals surface area contributed by atoms with Crippen LogP contribution in [0.5, 0.6) is 0 Å². The largest absolute Gasteiger partial charge is 0.348 e. The van der Waals surface area contributed by atoms with Crippen LogP contribution in [-0.2, 0) is 19.6 Å². The second-order valence-electron chi connectivity index (χ2n) is 5.77. The molecule has 1 unspecified atom stereocenters. The summed E-state index contributed by atoms with van der Waals surface area (Å²) in [5, 5.41) is 7.27. The molecule has 0 fully saturated rings. The SMILES string of the molecule is CC(=O)Nc1ccc(S(=O)(=O)N(C)CC(=O)NC(C)c2cccs2)cc1. The number of rotatable bonds is 7. The van der Waals surface area contributed by atoms with Crippen molar-refractivity contribution in [2.75, 3.05) is 18.9 Å². The van der Waals surface area contributed by atoms with Crippen molar-refractivity contribution in [3.63, 3.8) is 0 Å². The predicted molar refractivity (Wildman–Crippen MR) is 101 cm³/mol. The number of hydrogen-bond acceptors (Lipinski definition) is 5. The maximum atomic E-state index is 12.6. The van der Waals surface area contributed by atoms with Gasteiger partial charge in [0.25, 0.3) is 0 Å². The number of nitrogens with zero attached hydrogens (tertiary/aromatic N) is 1. The quantitative estimate of drug-likeness (QED) is 0.751. The molecule has 0 aliphatic rings. The Labute approximate surface area is 157 Å². The van der Waals surface area contributed by atoms with Crippen LogP contribution in [0.2, 0.25) is 0 Å². The van der Waals surface area contributed by atoms with Gasteiger partial charge < -0.3 is 10.6 Å². The topological polar surface area (TPSA) is 95.6 Å². The van der Waals surface area contributed by atoms with E-state index in [0.29, 0.717) is 5.69 Å². The Balaban J connectivity index is 2.01. The molecular formula is C17H21N3O4S2. The van der Waals surface area contributed by atoms with Crippen LogP contribution in [-0.4, -0.2) is 38.1 Å². The first-order chi connectivity index (χ1) is 12.2. The van der Waals surface area contributed by atoms with Gasteiger partial charge in [-0.3, -0.25) is 9.59 Å². The molecule has 1 atom stereocenters. The summed E-state index contributed by atoms with van der Waals surface area (Å²) in [4.78, 5) is 24.2. The highest BCUT2D eigenvalue weighted by molar-refractivity contribution is 7.89. The Hall–Kier alpha value is -2.23. The van der Waals surface area contributed by atoms with Gasteiger partial charge >= 0.3 is 0 Å². The third-order valence-corrected chi connectivity index (χ3v) is 6.47. The van der Waals surface area contributed by atoms with E-state index in [9.17, 15) is 18.0 Å². The number of amides is 2. The van der Waals surface area contributed by atoms with Gasteiger partial charge in [-0.05, 0) is 42.6 Å². The molecule has 0 bridgehead atoms. The molecule has 0 saturated carbocycles. The third-order valence-electron chi connectivity index (χ3n) is 3.60. The highest BCUT2D eigenvalue weighted by Crippen LogP contribution is 2.19. The highest BCUT2D eigenvalue weighted by atomic mass is 32.2. The summed E-state index contributed by atoms with van der Waals surface area (Å²) in [5.74, 6) is -0.624. The van der Waals surface area contributed by atoms with Gasteiger partial charge in [-0.25, -0.2) is 8.42 Å². The minimum atomic E-state index is -3.81. The molecule has 1 heterocycles. The smallest absolute Gasteiger partial charge is 0.243 e. The lowest BCUT2D eigenvalue weighted by Crippen LogP contribution is -2.39. The van der Waals surface area contributed by atoms with E-state index in [4.69, 9.17) is 0 Å². The number of benzene rings is 1. The molecule has 2 rings (SSSR count). The monoisotopic (exact) mass is 395 g/mol. The van der Waals surface area contributed by atoms with Crippen molar-refractivity contribution in [2.24, 2.45) is 0 Å². The van der Waals surface area contributed by atoms with Gasteiger partial charge in [0.2, 0.25) is 21.8 Å². The summed E-state index contributed by atoms with van der Waals surface area (Å²) in [6.07, 6.45) is 0. The van der Waals surface area contributed by atoms with Crippen LogP contribution in [0.3, 0.4) is 0 Å². The molecule has 0 aliphatic heterocycles. The standard InChI is InChI=1S/C17H21N3O4S2/c1-12(16-5-4-10-25-16)18-17(22)11-20(3)26(23,24)15-8-6-14(7-9-15)19-13(2)21/h4-10,12H,11H2,1-3H3,(H,18,22)(H,19,21). The van der Waals surface area contributed by atoms with Crippen molar-refractivity contribution in [3.8, 4) is 0 Å². The molecule has 26 heavy (non-hydrogen) atoms. The molecule has 2 aromatic rings. The van der Waals surface area contributed by atoms with Gasteiger partial charge in [0, 0.05) is 24.5 Å². The molecule has 0 radical (unpaired) electrons. The zero-order chi connectivity index (χ0) is 19.3. The van der Waals surface area contributed by atoms with Gasteiger partial charge in [-0.1, -0.05) is 6.07 Å². The number of hydrogen-bond donors (Lipinski definition) is 2. The summed E-state index contributed by atoms with van der Waals surface area (Å²) in [6, 6.07) is 9.40. The molecule has 9 heteroatoms. The minimum Gasteiger partial charge on any atom is -0.348 e. The molecule has 1 aromatic carbocycles. The number of carbonyl (C=O) groups excluding carboxylic acids is 2. The molecule has 2 amide bonds. The van der Waals surface area contributed by atoms with Crippen molar-refractivity contribution in [3.05, 3.63) is 46.7 Å². The Morgan fingerprint density at radius 2 is 1.85 bits per heavy atom. The molecule has 1 aromatic heterocycles. The van der Waals surface area contributed by atoms with E-state index in [0.717, 1.165) is 9.18 Å². The second kappa shape index (κ2) is 8.43. The van der Waals surface area contributed by atoms with Crippen LogP contribution in [0.1, 0.15) is 24.8 Å². The lowest BCUT2D eigenvalue weighted by molar-refractivity contribution is -0.121. The zero-order valence-electron chi connectivity index (χ0n) is 14.7. The van der Waals surface area contributed by atoms with Gasteiger partial charge in [0.05, 0.1) is 17.5 Å². The van der Waals surface area contributed by atoms with E-state index in [1.807, 2.05) is 24.4 Å². The van der Waals surface area contributed by atoms with Crippen molar-refractivity contribution >= 4 is 38.9 Å². The van der Waals surface area contributed by atoms with Crippen LogP contribution >= 0.6 is 11.3 Å². The third kappa shape index (κ3) is 5.13. The second-order valence-corrected chi connectivity index (χ2v) is 8.80. The minimum absolute atomic E-state index is 0.0493. The molecule has 2 N–H and O–H groups in total. The molecule has 0 aliphatic carbocycles. The average Bonchev–Trinajstić information content (AvgIpc) is 3.09. The predicted octanol–water partition coefficient (Wildman–Crippen LogP) is 2.20. The molecule has 0 spiro atoms. The fraction of sp³-hybridized carbons (Fsp3) is 0.294. The van der Waals surface area contributed by atoms with Crippen molar-refractivity contribution < 1.29 is 18.0 Å². The first-order valence-electron chi connectivity index (χ1n) is 7.87. The van der Waals surface area contributed by atoms with Crippen LogP contribution in [0.4, 0.5) is 5.69 Å². The van der Waals surface area contributed by atoms with E-state index in [1.165, 1.54) is 49.6 Å². The van der Waals surface area contributed by atoms with Crippen LogP contribution in [0, 0.1) is 0 Å². The number of nitrogens with one attached hydrogen (secondary N) is 2. The molecule has 0 saturated heterocycles. The maximum Gasteiger partial charge on any atom is 0.243 e. The van der Waals surface area contributed by atoms with E-state index >= 15 is 0 Å². The lowest BCUT2D eigenvalue weighted by Gasteiger charge is -2.19. The normalized spacial score (nSPS) is 12.6. The Bertz CT molecular complexity index is 862. The van der Waals surface area contributed by atoms with E-state index in [1.54, 1.807) is 0 Å². The maximum absolute atomic E-state index is 12.6. The van der Waals surface area contributed by atoms with Crippen molar-refractivity contribution in [2.45, 2.75) is 24.8 Å². The molecule has 7 nitrogen and oxygen atoms in total. The highest BCUT2D eigenvalue weighted by Gasteiger charge is 2.23. The lowest BCUT2D eigenvalue weighted by atomic mass is 10.3. The van der Waals surface area contributed by atoms with Gasteiger partial charge in [-0.15, -0.1) is 11.3 Å². The number of anilines is 1. The number of carbonyl (C=O) groups is 2. The number of thiophene rings is 1. The summed E-state index contributed by atoms with van der Waals surface area (Å²) in [5.41, 5.74) is 0.501. The number of likely N-dealkylation sites (N-methyl/N-ethyl adjacent to an activating group) is 1. The van der Waals surface area contributed by atoms with Crippen molar-refractivity contribution in [1.82, 2.24) is 9.62 Å². The first-order valence-corrected chi connectivity index (χ1v) is 10.2. The first kappa shape index (κ1) is 20.1. The summed E-state index contributed by atoms with van der Waals surface area (Å²) < 4.78 is 26.1. The average molecular weight is 396 g/mol. The summed E-state index contributed by atoms with van der Waals surface area (Å²) in [6.45, 7) is 2.93. The van der Waals surface area contributed by atoms with Crippen LogP contribution < -0.4 is 10.6 Å². The van der Waals surface area contributed by atoms with Gasteiger partial charge in [0.15, 0.2) is 0 Å². The van der Waals surface area contributed by atoms with Gasteiger partial charge in [0.1, 0.15) is 0 Å². The zero-order valence-corrected chi connectivity index (χ0v) is 16.4.